The first-order valence-corrected chi connectivity index (χ1v) is 8.05. The third-order valence-electron chi connectivity index (χ3n) is 3.13. The van der Waals surface area contributed by atoms with E-state index in [1.165, 1.54) is 11.3 Å². The van der Waals surface area contributed by atoms with Crippen LogP contribution in [0.15, 0.2) is 36.0 Å². The average molecular weight is 327 g/mol. The summed E-state index contributed by atoms with van der Waals surface area (Å²) < 4.78 is 0. The Balaban J connectivity index is 1.74. The van der Waals surface area contributed by atoms with Gasteiger partial charge < -0.3 is 4.98 Å². The number of H-pyrrole nitrogens is 1. The van der Waals surface area contributed by atoms with Gasteiger partial charge in [-0.2, -0.15) is 0 Å². The monoisotopic (exact) mass is 327 g/mol. The van der Waals surface area contributed by atoms with E-state index in [0.717, 1.165) is 16.4 Å². The van der Waals surface area contributed by atoms with Crippen molar-refractivity contribution in [2.45, 2.75) is 26.2 Å². The maximum absolute atomic E-state index is 12.3. The van der Waals surface area contributed by atoms with E-state index in [1.807, 2.05) is 18.2 Å². The van der Waals surface area contributed by atoms with Crippen LogP contribution in [0.3, 0.4) is 0 Å². The maximum atomic E-state index is 12.3. The van der Waals surface area contributed by atoms with Crippen molar-refractivity contribution in [1.82, 2.24) is 19.9 Å². The van der Waals surface area contributed by atoms with Gasteiger partial charge in [-0.1, -0.05) is 26.8 Å². The quantitative estimate of drug-likeness (QED) is 0.771. The van der Waals surface area contributed by atoms with E-state index in [-0.39, 0.29) is 11.3 Å². The summed E-state index contributed by atoms with van der Waals surface area (Å²) in [6, 6.07) is 5.61. The van der Waals surface area contributed by atoms with Gasteiger partial charge in [0.25, 0.3) is 5.91 Å². The average Bonchev–Trinajstić information content (AvgIpc) is 3.17. The van der Waals surface area contributed by atoms with Crippen molar-refractivity contribution in [3.05, 3.63) is 46.7 Å². The molecule has 23 heavy (non-hydrogen) atoms. The zero-order valence-corrected chi connectivity index (χ0v) is 13.9. The van der Waals surface area contributed by atoms with Gasteiger partial charge in [0.2, 0.25) is 5.95 Å². The molecule has 0 aliphatic heterocycles. The number of hydrogen-bond acceptors (Lipinski definition) is 5. The van der Waals surface area contributed by atoms with Crippen LogP contribution in [0.1, 0.15) is 36.3 Å². The minimum absolute atomic E-state index is 0.0694. The third kappa shape index (κ3) is 3.45. The van der Waals surface area contributed by atoms with Crippen LogP contribution >= 0.6 is 11.3 Å². The van der Waals surface area contributed by atoms with Crippen molar-refractivity contribution in [3.63, 3.8) is 0 Å². The Morgan fingerprint density at radius 1 is 1.26 bits per heavy atom. The molecule has 0 fully saturated rings. The molecule has 2 N–H and O–H groups in total. The minimum atomic E-state index is -0.279. The predicted octanol–water partition coefficient (Wildman–Crippen LogP) is 3.48. The highest BCUT2D eigenvalue weighted by Crippen LogP contribution is 2.25. The van der Waals surface area contributed by atoms with Crippen LogP contribution in [-0.4, -0.2) is 25.8 Å². The van der Waals surface area contributed by atoms with Crippen LogP contribution in [0.4, 0.5) is 5.95 Å². The highest BCUT2D eigenvalue weighted by Gasteiger charge is 2.20. The topological polar surface area (TPSA) is 83.6 Å². The highest BCUT2D eigenvalue weighted by atomic mass is 32.1. The van der Waals surface area contributed by atoms with Crippen LogP contribution in [0.2, 0.25) is 0 Å². The van der Waals surface area contributed by atoms with E-state index in [4.69, 9.17) is 0 Å². The van der Waals surface area contributed by atoms with Crippen molar-refractivity contribution < 1.29 is 4.79 Å². The molecule has 118 valence electrons. The molecule has 3 aromatic rings. The Labute approximate surface area is 138 Å². The lowest BCUT2D eigenvalue weighted by molar-refractivity contribution is 0.102. The number of anilines is 1. The van der Waals surface area contributed by atoms with Gasteiger partial charge in [-0.25, -0.2) is 9.97 Å². The van der Waals surface area contributed by atoms with Gasteiger partial charge in [-0.15, -0.1) is 11.3 Å². The molecule has 0 unspecified atom stereocenters. The number of nitrogens with one attached hydrogen (secondary N) is 2. The molecule has 0 aromatic carbocycles. The number of hydrogen-bond donors (Lipinski definition) is 2. The van der Waals surface area contributed by atoms with E-state index >= 15 is 0 Å². The molecule has 1 amide bonds. The van der Waals surface area contributed by atoms with Gasteiger partial charge in [0.15, 0.2) is 0 Å². The molecule has 3 aromatic heterocycles. The fourth-order valence-corrected chi connectivity index (χ4v) is 2.82. The fraction of sp³-hybridized carbons (Fsp3) is 0.250. The summed E-state index contributed by atoms with van der Waals surface area (Å²) >= 11 is 1.48. The van der Waals surface area contributed by atoms with Crippen molar-refractivity contribution in [1.29, 1.82) is 0 Å². The van der Waals surface area contributed by atoms with Crippen LogP contribution in [0.25, 0.3) is 11.4 Å². The Bertz CT molecular complexity index is 816. The molecule has 0 saturated heterocycles. The van der Waals surface area contributed by atoms with Crippen molar-refractivity contribution in [2.24, 2.45) is 0 Å². The van der Waals surface area contributed by atoms with Crippen molar-refractivity contribution in [2.75, 3.05) is 5.32 Å². The smallest absolute Gasteiger partial charge is 0.277 e. The molecular formula is C16H17N5OS. The molecule has 0 atom stereocenters. The first-order valence-electron chi connectivity index (χ1n) is 7.17. The zero-order valence-electron chi connectivity index (χ0n) is 13.1. The fourth-order valence-electron chi connectivity index (χ4n) is 1.93. The second kappa shape index (κ2) is 5.92. The number of thiazole rings is 1. The molecule has 0 bridgehead atoms. The molecule has 6 nitrogen and oxygen atoms in total. The number of carbonyl (C=O) groups is 1. The Hall–Kier alpha value is -2.54. The highest BCUT2D eigenvalue weighted by molar-refractivity contribution is 7.10. The lowest BCUT2D eigenvalue weighted by Gasteiger charge is -2.13. The first-order chi connectivity index (χ1) is 10.9. The largest absolute Gasteiger partial charge is 0.323 e. The van der Waals surface area contributed by atoms with Gasteiger partial charge in [0.1, 0.15) is 5.69 Å². The molecule has 3 heterocycles. The molecule has 0 spiro atoms. The number of rotatable bonds is 3. The number of nitrogens with zero attached hydrogens (tertiary/aromatic N) is 3. The summed E-state index contributed by atoms with van der Waals surface area (Å²) in [5.41, 5.74) is 1.84. The van der Waals surface area contributed by atoms with Crippen LogP contribution in [0, 0.1) is 0 Å². The van der Waals surface area contributed by atoms with Crippen LogP contribution in [-0.2, 0) is 5.41 Å². The second-order valence-corrected chi connectivity index (χ2v) is 6.96. The molecule has 0 saturated carbocycles. The summed E-state index contributed by atoms with van der Waals surface area (Å²) in [5.74, 6) is 0.0969. The normalized spacial score (nSPS) is 11.4. The van der Waals surface area contributed by atoms with E-state index in [2.05, 4.69) is 46.0 Å². The number of pyridine rings is 1. The Morgan fingerprint density at radius 2 is 2.09 bits per heavy atom. The van der Waals surface area contributed by atoms with Gasteiger partial charge in [-0.3, -0.25) is 15.1 Å². The van der Waals surface area contributed by atoms with Gasteiger partial charge in [0.05, 0.1) is 22.6 Å². The molecule has 7 heteroatoms. The summed E-state index contributed by atoms with van der Waals surface area (Å²) in [6.45, 7) is 6.21. The van der Waals surface area contributed by atoms with Crippen molar-refractivity contribution >= 4 is 23.2 Å². The molecule has 0 aliphatic carbocycles. The van der Waals surface area contributed by atoms with Crippen molar-refractivity contribution in [3.8, 4) is 11.4 Å². The summed E-state index contributed by atoms with van der Waals surface area (Å²) in [7, 11) is 0. The maximum Gasteiger partial charge on any atom is 0.277 e. The van der Waals surface area contributed by atoms with E-state index in [0.29, 0.717) is 11.6 Å². The summed E-state index contributed by atoms with van der Waals surface area (Å²) in [6.07, 6.45) is 3.34. The lowest BCUT2D eigenvalue weighted by Crippen LogP contribution is -2.15. The van der Waals surface area contributed by atoms with Crippen LogP contribution in [0.5, 0.6) is 0 Å². The van der Waals surface area contributed by atoms with Gasteiger partial charge in [-0.05, 0) is 12.1 Å². The standard InChI is InChI=1S/C16H17N5OS/c1-16(2,3)14-19-12(9-23-14)13(22)21-15-18-8-11(20-15)10-6-4-5-7-17-10/h4-9H,1-3H3,(H2,18,20,21,22). The third-order valence-corrected chi connectivity index (χ3v) is 4.40. The Morgan fingerprint density at radius 3 is 2.74 bits per heavy atom. The molecule has 0 radical (unpaired) electrons. The number of imidazole rings is 1. The van der Waals surface area contributed by atoms with E-state index < -0.39 is 0 Å². The number of carbonyl (C=O) groups excluding carboxylic acids is 1. The summed E-state index contributed by atoms with van der Waals surface area (Å²) in [5, 5.41) is 5.41. The van der Waals surface area contributed by atoms with Crippen LogP contribution < -0.4 is 5.32 Å². The number of aromatic nitrogens is 4. The van der Waals surface area contributed by atoms with Gasteiger partial charge in [0, 0.05) is 17.0 Å². The first kappa shape index (κ1) is 15.4. The number of aromatic amines is 1. The van der Waals surface area contributed by atoms with E-state index in [9.17, 15) is 4.79 Å². The second-order valence-electron chi connectivity index (χ2n) is 6.10. The predicted molar refractivity (Wildman–Crippen MR) is 90.6 cm³/mol. The molecular weight excluding hydrogens is 310 g/mol. The minimum Gasteiger partial charge on any atom is -0.323 e. The molecule has 3 rings (SSSR count). The zero-order chi connectivity index (χ0) is 16.4. The summed E-state index contributed by atoms with van der Waals surface area (Å²) in [4.78, 5) is 28.1. The lowest BCUT2D eigenvalue weighted by atomic mass is 9.98. The number of amides is 1. The van der Waals surface area contributed by atoms with E-state index in [1.54, 1.807) is 17.8 Å². The Kier molecular flexibility index (Phi) is 3.96. The van der Waals surface area contributed by atoms with Gasteiger partial charge >= 0.3 is 0 Å². The SMILES string of the molecule is CC(C)(C)c1nc(C(=O)Nc2ncc(-c3ccccn3)[nH]2)cs1. The molecule has 0 aliphatic rings.